The van der Waals surface area contributed by atoms with Crippen molar-refractivity contribution >= 4 is 17.8 Å². The van der Waals surface area contributed by atoms with Gasteiger partial charge < -0.3 is 25.4 Å². The van der Waals surface area contributed by atoms with Gasteiger partial charge in [0, 0.05) is 0 Å². The van der Waals surface area contributed by atoms with Gasteiger partial charge in [0.15, 0.2) is 0 Å². The molecule has 30 heavy (non-hydrogen) atoms. The van der Waals surface area contributed by atoms with Crippen LogP contribution in [0.4, 0.5) is 0 Å². The fourth-order valence-corrected chi connectivity index (χ4v) is 2.98. The van der Waals surface area contributed by atoms with Gasteiger partial charge >= 0.3 is 11.9 Å². The first kappa shape index (κ1) is 28.3. The fraction of sp³-hybridized carbons (Fsp3) is 0.864. The number of esters is 1. The third kappa shape index (κ3) is 14.3. The number of ether oxygens (including phenoxy) is 1. The van der Waals surface area contributed by atoms with Crippen LogP contribution in [0.3, 0.4) is 0 Å². The summed E-state index contributed by atoms with van der Waals surface area (Å²) >= 11 is 0. The predicted molar refractivity (Wildman–Crippen MR) is 114 cm³/mol. The zero-order valence-electron chi connectivity index (χ0n) is 18.9. The molecule has 0 heterocycles. The highest BCUT2D eigenvalue weighted by atomic mass is 16.5. The van der Waals surface area contributed by atoms with Crippen molar-refractivity contribution in [1.82, 2.24) is 5.32 Å². The normalized spacial score (nSPS) is 15.3. The molecule has 0 rings (SSSR count). The molecule has 0 aromatic rings. The molecular weight excluding hydrogens is 390 g/mol. The van der Waals surface area contributed by atoms with Crippen molar-refractivity contribution in [2.45, 2.75) is 104 Å². The lowest BCUT2D eigenvalue weighted by Crippen LogP contribution is -2.44. The lowest BCUT2D eigenvalue weighted by Gasteiger charge is -2.20. The summed E-state index contributed by atoms with van der Waals surface area (Å²) in [6.45, 7) is 7.68. The first-order chi connectivity index (χ1) is 14.1. The standard InChI is InChI=1S/C22H41NO7/c1-5-16(4)10-11-17(25)12-21(27)30-18(9-7-6-8-15(2)3)13-20(26)23-19(14-24)22(28)29/h15-19,24-25H,5-14H2,1-4H3,(H,23,26)(H,28,29)/t16-,17-,18-,19-/m0/s1. The van der Waals surface area contributed by atoms with Gasteiger partial charge in [-0.3, -0.25) is 9.59 Å². The Morgan fingerprint density at radius 2 is 1.60 bits per heavy atom. The number of unbranched alkanes of at least 4 members (excludes halogenated alkanes) is 1. The van der Waals surface area contributed by atoms with E-state index < -0.39 is 42.7 Å². The summed E-state index contributed by atoms with van der Waals surface area (Å²) in [6, 6.07) is -1.39. The molecule has 1 amide bonds. The van der Waals surface area contributed by atoms with Gasteiger partial charge in [0.2, 0.25) is 5.91 Å². The molecule has 4 N–H and O–H groups in total. The molecule has 176 valence electrons. The van der Waals surface area contributed by atoms with Crippen LogP contribution in [0.2, 0.25) is 0 Å². The molecule has 0 aliphatic rings. The SMILES string of the molecule is CC[C@H](C)CC[C@H](O)CC(=O)O[C@@H](CCCCC(C)C)CC(=O)N[C@@H](CO)C(=O)O. The van der Waals surface area contributed by atoms with Crippen molar-refractivity contribution in [2.75, 3.05) is 6.61 Å². The fourth-order valence-electron chi connectivity index (χ4n) is 2.98. The molecule has 0 aromatic heterocycles. The second kappa shape index (κ2) is 16.1. The van der Waals surface area contributed by atoms with Crippen LogP contribution in [0.1, 0.15) is 85.5 Å². The summed E-state index contributed by atoms with van der Waals surface area (Å²) in [6.07, 6.45) is 3.75. The number of carbonyl (C=O) groups excluding carboxylic acids is 2. The van der Waals surface area contributed by atoms with Crippen molar-refractivity contribution in [3.05, 3.63) is 0 Å². The molecule has 8 nitrogen and oxygen atoms in total. The smallest absolute Gasteiger partial charge is 0.328 e. The number of hydrogen-bond acceptors (Lipinski definition) is 6. The van der Waals surface area contributed by atoms with Crippen LogP contribution in [0.25, 0.3) is 0 Å². The molecule has 0 aliphatic heterocycles. The van der Waals surface area contributed by atoms with Gasteiger partial charge in [0.05, 0.1) is 25.6 Å². The average Bonchev–Trinajstić information content (AvgIpc) is 2.66. The van der Waals surface area contributed by atoms with E-state index in [4.69, 9.17) is 14.9 Å². The van der Waals surface area contributed by atoms with Gasteiger partial charge in [0.25, 0.3) is 0 Å². The van der Waals surface area contributed by atoms with E-state index in [9.17, 15) is 19.5 Å². The molecule has 0 fully saturated rings. The second-order valence-electron chi connectivity index (χ2n) is 8.58. The van der Waals surface area contributed by atoms with E-state index in [-0.39, 0.29) is 12.8 Å². The Morgan fingerprint density at radius 3 is 2.13 bits per heavy atom. The van der Waals surface area contributed by atoms with Crippen molar-refractivity contribution in [3.8, 4) is 0 Å². The molecule has 0 radical (unpaired) electrons. The van der Waals surface area contributed by atoms with Crippen LogP contribution in [0.15, 0.2) is 0 Å². The topological polar surface area (TPSA) is 133 Å². The Hall–Kier alpha value is -1.67. The quantitative estimate of drug-likeness (QED) is 0.205. The number of nitrogens with one attached hydrogen (secondary N) is 1. The zero-order chi connectivity index (χ0) is 23.1. The molecule has 0 aliphatic carbocycles. The molecule has 8 heteroatoms. The number of aliphatic hydroxyl groups excluding tert-OH is 2. The van der Waals surface area contributed by atoms with Crippen LogP contribution < -0.4 is 5.32 Å². The van der Waals surface area contributed by atoms with E-state index in [1.165, 1.54) is 0 Å². The van der Waals surface area contributed by atoms with Crippen molar-refractivity contribution in [2.24, 2.45) is 11.8 Å². The van der Waals surface area contributed by atoms with E-state index in [1.54, 1.807) is 0 Å². The number of rotatable bonds is 17. The molecule has 4 atom stereocenters. The molecule has 0 saturated heterocycles. The Labute approximate surface area is 180 Å². The third-order valence-electron chi connectivity index (χ3n) is 5.18. The summed E-state index contributed by atoms with van der Waals surface area (Å²) in [5.74, 6) is -1.47. The summed E-state index contributed by atoms with van der Waals surface area (Å²) < 4.78 is 5.44. The summed E-state index contributed by atoms with van der Waals surface area (Å²) in [4.78, 5) is 35.4. The van der Waals surface area contributed by atoms with Gasteiger partial charge in [-0.1, -0.05) is 47.0 Å². The maximum Gasteiger partial charge on any atom is 0.328 e. The highest BCUT2D eigenvalue weighted by molar-refractivity contribution is 5.84. The summed E-state index contributed by atoms with van der Waals surface area (Å²) in [5.41, 5.74) is 0. The lowest BCUT2D eigenvalue weighted by molar-refractivity contribution is -0.154. The van der Waals surface area contributed by atoms with Gasteiger partial charge in [-0.25, -0.2) is 4.79 Å². The molecule has 0 aromatic carbocycles. The minimum atomic E-state index is -1.39. The Kier molecular flexibility index (Phi) is 15.2. The monoisotopic (exact) mass is 431 g/mol. The number of carboxylic acids is 1. The highest BCUT2D eigenvalue weighted by Crippen LogP contribution is 2.17. The predicted octanol–water partition coefficient (Wildman–Crippen LogP) is 2.64. The van der Waals surface area contributed by atoms with Gasteiger partial charge in [-0.2, -0.15) is 0 Å². The van der Waals surface area contributed by atoms with Gasteiger partial charge in [-0.05, 0) is 37.5 Å². The lowest BCUT2D eigenvalue weighted by atomic mass is 9.99. The Morgan fingerprint density at radius 1 is 0.967 bits per heavy atom. The van der Waals surface area contributed by atoms with E-state index in [0.29, 0.717) is 24.7 Å². The van der Waals surface area contributed by atoms with Gasteiger partial charge in [0.1, 0.15) is 12.1 Å². The van der Waals surface area contributed by atoms with Crippen LogP contribution >= 0.6 is 0 Å². The largest absolute Gasteiger partial charge is 0.480 e. The Balaban J connectivity index is 4.71. The van der Waals surface area contributed by atoms with E-state index in [2.05, 4.69) is 33.0 Å². The third-order valence-corrected chi connectivity index (χ3v) is 5.18. The molecule has 0 saturated carbocycles. The van der Waals surface area contributed by atoms with E-state index in [0.717, 1.165) is 32.1 Å². The number of carbonyl (C=O) groups is 3. The molecule has 0 bridgehead atoms. The number of aliphatic hydroxyl groups is 2. The summed E-state index contributed by atoms with van der Waals surface area (Å²) in [7, 11) is 0. The number of carboxylic acid groups (broad SMARTS) is 1. The molecule has 0 unspecified atom stereocenters. The maximum atomic E-state index is 12.2. The van der Waals surface area contributed by atoms with Gasteiger partial charge in [-0.15, -0.1) is 0 Å². The van der Waals surface area contributed by atoms with E-state index in [1.807, 2.05) is 0 Å². The van der Waals surface area contributed by atoms with Crippen LogP contribution in [0.5, 0.6) is 0 Å². The minimum absolute atomic E-state index is 0.130. The number of aliphatic carboxylic acids is 1. The van der Waals surface area contributed by atoms with Crippen LogP contribution in [-0.2, 0) is 19.1 Å². The van der Waals surface area contributed by atoms with Crippen molar-refractivity contribution in [3.63, 3.8) is 0 Å². The minimum Gasteiger partial charge on any atom is -0.480 e. The average molecular weight is 432 g/mol. The van der Waals surface area contributed by atoms with Crippen molar-refractivity contribution < 1.29 is 34.4 Å². The highest BCUT2D eigenvalue weighted by Gasteiger charge is 2.24. The molecular formula is C22H41NO7. The first-order valence-electron chi connectivity index (χ1n) is 11.1. The number of hydrogen-bond donors (Lipinski definition) is 4. The van der Waals surface area contributed by atoms with E-state index >= 15 is 0 Å². The van der Waals surface area contributed by atoms with Crippen molar-refractivity contribution in [1.29, 1.82) is 0 Å². The summed E-state index contributed by atoms with van der Waals surface area (Å²) in [5, 5.41) is 30.3. The first-order valence-corrected chi connectivity index (χ1v) is 11.1. The van der Waals surface area contributed by atoms with Crippen LogP contribution in [-0.4, -0.2) is 58.0 Å². The maximum absolute atomic E-state index is 12.2. The second-order valence-corrected chi connectivity index (χ2v) is 8.58. The van der Waals surface area contributed by atoms with Crippen LogP contribution in [0, 0.1) is 11.8 Å². The molecule has 0 spiro atoms. The Bertz CT molecular complexity index is 510. The zero-order valence-corrected chi connectivity index (χ0v) is 18.9. The number of amides is 1.